The summed E-state index contributed by atoms with van der Waals surface area (Å²) in [6.07, 6.45) is 0.813. The van der Waals surface area contributed by atoms with Gasteiger partial charge in [0.05, 0.1) is 5.69 Å². The summed E-state index contributed by atoms with van der Waals surface area (Å²) in [4.78, 5) is 37.3. The van der Waals surface area contributed by atoms with Crippen LogP contribution in [0.2, 0.25) is 0 Å². The second kappa shape index (κ2) is 6.18. The summed E-state index contributed by atoms with van der Waals surface area (Å²) in [5.41, 5.74) is 2.59. The number of amides is 3. The van der Waals surface area contributed by atoms with E-state index in [0.29, 0.717) is 6.54 Å². The molecular weight excluding hydrogens is 340 g/mol. The minimum atomic E-state index is -1.29. The molecule has 1 atom stereocenters. The number of likely N-dealkylation sites (N-methyl/N-ethyl adjacent to an activating group) is 1. The summed E-state index contributed by atoms with van der Waals surface area (Å²) >= 11 is 1.11. The molecule has 25 heavy (non-hydrogen) atoms. The molecule has 0 bridgehead atoms. The molecule has 0 radical (unpaired) electrons. The van der Waals surface area contributed by atoms with Crippen molar-refractivity contribution in [3.8, 4) is 0 Å². The molecule has 0 saturated heterocycles. The van der Waals surface area contributed by atoms with Gasteiger partial charge in [-0.1, -0.05) is 13.0 Å². The van der Waals surface area contributed by atoms with E-state index in [2.05, 4.69) is 10.4 Å². The van der Waals surface area contributed by atoms with E-state index in [1.807, 2.05) is 32.0 Å². The molecule has 3 rings (SSSR count). The number of hydrazone groups is 1. The second-order valence-electron chi connectivity index (χ2n) is 5.92. The molecule has 0 fully saturated rings. The van der Waals surface area contributed by atoms with E-state index in [1.54, 1.807) is 4.90 Å². The predicted octanol–water partition coefficient (Wildman–Crippen LogP) is 1.77. The molecule has 1 aromatic carbocycles. The zero-order valence-electron chi connectivity index (χ0n) is 14.6. The number of fused-ring (bicyclic) bond motifs is 2. The maximum absolute atomic E-state index is 13.3. The fraction of sp³-hybridized carbons (Fsp3) is 0.412. The molecule has 1 N–H and O–H groups in total. The number of carbonyl (C=O) groups is 3. The van der Waals surface area contributed by atoms with Crippen molar-refractivity contribution in [3.63, 3.8) is 0 Å². The van der Waals surface area contributed by atoms with Gasteiger partial charge in [0, 0.05) is 26.0 Å². The standard InChI is InChI=1S/C17H20N4O3S/c1-5-12-7-8-14-13(9-12)17(15(24)20(14)6-2)21(11(4)23)19-16(25-17)18-10(3)22/h7-9H,5-6H2,1-4H3,(H,18,19,22)/t17-/m0/s1. The number of benzene rings is 1. The first-order chi connectivity index (χ1) is 11.8. The Morgan fingerprint density at radius 3 is 2.56 bits per heavy atom. The molecular formula is C17H20N4O3S. The molecule has 7 nitrogen and oxygen atoms in total. The third-order valence-electron chi connectivity index (χ3n) is 4.29. The summed E-state index contributed by atoms with van der Waals surface area (Å²) in [5.74, 6) is -0.873. The first kappa shape index (κ1) is 17.5. The molecule has 0 unspecified atom stereocenters. The van der Waals surface area contributed by atoms with Gasteiger partial charge >= 0.3 is 0 Å². The first-order valence-electron chi connectivity index (χ1n) is 8.16. The van der Waals surface area contributed by atoms with Gasteiger partial charge in [0.15, 0.2) is 5.17 Å². The van der Waals surface area contributed by atoms with Crippen molar-refractivity contribution in [1.82, 2.24) is 10.3 Å². The van der Waals surface area contributed by atoms with Gasteiger partial charge in [0.2, 0.25) is 16.7 Å². The Labute approximate surface area is 150 Å². The second-order valence-corrected chi connectivity index (χ2v) is 7.10. The Kier molecular flexibility index (Phi) is 4.32. The molecule has 0 aromatic heterocycles. The lowest BCUT2D eigenvalue weighted by atomic mass is 10.0. The third-order valence-corrected chi connectivity index (χ3v) is 5.53. The van der Waals surface area contributed by atoms with Crippen LogP contribution in [-0.2, 0) is 25.7 Å². The maximum atomic E-state index is 13.3. The van der Waals surface area contributed by atoms with Crippen LogP contribution in [0, 0.1) is 0 Å². The Morgan fingerprint density at radius 2 is 2.00 bits per heavy atom. The van der Waals surface area contributed by atoms with Crippen LogP contribution in [0.5, 0.6) is 0 Å². The van der Waals surface area contributed by atoms with E-state index in [9.17, 15) is 14.4 Å². The van der Waals surface area contributed by atoms with Crippen LogP contribution in [-0.4, -0.2) is 34.4 Å². The summed E-state index contributed by atoms with van der Waals surface area (Å²) in [6.45, 7) is 7.15. The van der Waals surface area contributed by atoms with Crippen LogP contribution in [0.4, 0.5) is 5.69 Å². The fourth-order valence-corrected chi connectivity index (χ4v) is 4.52. The van der Waals surface area contributed by atoms with Crippen LogP contribution >= 0.6 is 11.8 Å². The topological polar surface area (TPSA) is 82.1 Å². The van der Waals surface area contributed by atoms with Crippen molar-refractivity contribution in [2.45, 2.75) is 39.0 Å². The van der Waals surface area contributed by atoms with Gasteiger partial charge in [0.1, 0.15) is 0 Å². The Hall–Kier alpha value is -2.35. The van der Waals surface area contributed by atoms with Crippen molar-refractivity contribution in [2.24, 2.45) is 5.10 Å². The molecule has 3 amide bonds. The van der Waals surface area contributed by atoms with Crippen molar-refractivity contribution >= 4 is 40.3 Å². The molecule has 8 heteroatoms. The molecule has 1 aromatic rings. The van der Waals surface area contributed by atoms with Crippen LogP contribution in [0.15, 0.2) is 23.3 Å². The number of nitrogens with zero attached hydrogens (tertiary/aromatic N) is 3. The molecule has 2 heterocycles. The number of rotatable bonds is 2. The molecule has 1 spiro atoms. The zero-order chi connectivity index (χ0) is 18.4. The Morgan fingerprint density at radius 1 is 1.28 bits per heavy atom. The highest BCUT2D eigenvalue weighted by atomic mass is 32.2. The van der Waals surface area contributed by atoms with Gasteiger partial charge in [-0.05, 0) is 42.8 Å². The van der Waals surface area contributed by atoms with Crippen molar-refractivity contribution < 1.29 is 14.4 Å². The zero-order valence-corrected chi connectivity index (χ0v) is 15.4. The number of carbonyl (C=O) groups excluding carboxylic acids is 3. The lowest BCUT2D eigenvalue weighted by Gasteiger charge is -2.29. The first-order valence-corrected chi connectivity index (χ1v) is 8.98. The smallest absolute Gasteiger partial charge is 0.270 e. The number of nitrogens with one attached hydrogen (secondary N) is 1. The Balaban J connectivity index is 2.19. The highest BCUT2D eigenvalue weighted by molar-refractivity contribution is 8.15. The number of aryl methyl sites for hydroxylation is 1. The average Bonchev–Trinajstić information content (AvgIpc) is 3.05. The Bertz CT molecular complexity index is 807. The van der Waals surface area contributed by atoms with E-state index in [4.69, 9.17) is 0 Å². The van der Waals surface area contributed by atoms with Gasteiger partial charge in [-0.25, -0.2) is 0 Å². The summed E-state index contributed by atoms with van der Waals surface area (Å²) < 4.78 is 0. The number of hydrogen-bond acceptors (Lipinski definition) is 5. The fourth-order valence-electron chi connectivity index (χ4n) is 3.19. The van der Waals surface area contributed by atoms with E-state index in [1.165, 1.54) is 18.9 Å². The lowest BCUT2D eigenvalue weighted by molar-refractivity contribution is -0.139. The van der Waals surface area contributed by atoms with Gasteiger partial charge in [0.25, 0.3) is 5.91 Å². The predicted molar refractivity (Wildman–Crippen MR) is 96.9 cm³/mol. The lowest BCUT2D eigenvalue weighted by Crippen LogP contribution is -2.48. The largest absolute Gasteiger partial charge is 0.309 e. The summed E-state index contributed by atoms with van der Waals surface area (Å²) in [5, 5.41) is 8.27. The molecule has 0 aliphatic carbocycles. The van der Waals surface area contributed by atoms with Crippen molar-refractivity contribution in [2.75, 3.05) is 11.4 Å². The average molecular weight is 360 g/mol. The van der Waals surface area contributed by atoms with Gasteiger partial charge < -0.3 is 10.2 Å². The molecule has 0 saturated carbocycles. The van der Waals surface area contributed by atoms with Crippen molar-refractivity contribution in [1.29, 1.82) is 0 Å². The van der Waals surface area contributed by atoms with Crippen LogP contribution in [0.3, 0.4) is 0 Å². The number of thioether (sulfide) groups is 1. The van der Waals surface area contributed by atoms with E-state index in [-0.39, 0.29) is 22.9 Å². The van der Waals surface area contributed by atoms with Gasteiger partial charge in [-0.15, -0.1) is 5.10 Å². The highest BCUT2D eigenvalue weighted by Crippen LogP contribution is 2.54. The van der Waals surface area contributed by atoms with Gasteiger partial charge in [-0.2, -0.15) is 5.01 Å². The number of amidine groups is 1. The monoisotopic (exact) mass is 360 g/mol. The van der Waals surface area contributed by atoms with E-state index < -0.39 is 4.87 Å². The molecule has 2 aliphatic heterocycles. The molecule has 2 aliphatic rings. The normalized spacial score (nSPS) is 21.6. The van der Waals surface area contributed by atoms with Crippen molar-refractivity contribution in [3.05, 3.63) is 29.3 Å². The minimum Gasteiger partial charge on any atom is -0.309 e. The SMILES string of the molecule is CCc1ccc2c(c1)[C@]1(SC(NC(C)=O)=NN1C(C)=O)C(=O)N2CC. The van der Waals surface area contributed by atoms with Crippen LogP contribution in [0.1, 0.15) is 38.8 Å². The van der Waals surface area contributed by atoms with E-state index >= 15 is 0 Å². The highest BCUT2D eigenvalue weighted by Gasteiger charge is 2.60. The quantitative estimate of drug-likeness (QED) is 0.871. The van der Waals surface area contributed by atoms with Crippen LogP contribution < -0.4 is 10.2 Å². The number of anilines is 1. The molecule has 132 valence electrons. The summed E-state index contributed by atoms with van der Waals surface area (Å²) in [6, 6.07) is 5.86. The number of hydrogen-bond donors (Lipinski definition) is 1. The van der Waals surface area contributed by atoms with E-state index in [0.717, 1.165) is 35.0 Å². The van der Waals surface area contributed by atoms with Gasteiger partial charge in [-0.3, -0.25) is 14.4 Å². The maximum Gasteiger partial charge on any atom is 0.270 e. The minimum absolute atomic E-state index is 0.220. The third kappa shape index (κ3) is 2.52. The summed E-state index contributed by atoms with van der Waals surface area (Å²) in [7, 11) is 0. The van der Waals surface area contributed by atoms with Crippen LogP contribution in [0.25, 0.3) is 0 Å².